The van der Waals surface area contributed by atoms with Gasteiger partial charge < -0.3 is 19.7 Å². The number of hydrogen-bond donors (Lipinski definition) is 3. The van der Waals surface area contributed by atoms with E-state index in [0.29, 0.717) is 30.5 Å². The molecule has 2 heterocycles. The zero-order valence-corrected chi connectivity index (χ0v) is 12.5. The largest absolute Gasteiger partial charge is 0.506 e. The van der Waals surface area contributed by atoms with Crippen molar-refractivity contribution in [3.05, 3.63) is 39.2 Å². The van der Waals surface area contributed by atoms with E-state index in [-0.39, 0.29) is 29.0 Å². The molecule has 3 rings (SSSR count). The maximum Gasteiger partial charge on any atom is 0.336 e. The number of likely N-dealkylation sites (tertiary alicyclic amines) is 1. The highest BCUT2D eigenvalue weighted by atomic mass is 35.5. The molecule has 1 aliphatic heterocycles. The number of hydrogen-bond acceptors (Lipinski definition) is 6. The van der Waals surface area contributed by atoms with Crippen molar-refractivity contribution in [3.8, 4) is 5.75 Å². The zero-order valence-electron chi connectivity index (χ0n) is 11.7. The zero-order chi connectivity index (χ0) is 15.9. The number of aliphatic hydroxyl groups is 2. The highest BCUT2D eigenvalue weighted by Gasteiger charge is 2.30. The lowest BCUT2D eigenvalue weighted by atomic mass is 10.1. The first-order valence-electron chi connectivity index (χ1n) is 6.96. The maximum atomic E-state index is 11.7. The molecular formula is C15H16ClNO5. The third kappa shape index (κ3) is 2.83. The monoisotopic (exact) mass is 325 g/mol. The molecule has 1 aromatic carbocycles. The summed E-state index contributed by atoms with van der Waals surface area (Å²) in [6.45, 7) is 0.752. The van der Waals surface area contributed by atoms with E-state index in [1.165, 1.54) is 12.1 Å². The van der Waals surface area contributed by atoms with Gasteiger partial charge in [-0.15, -0.1) is 0 Å². The second-order valence-electron chi connectivity index (χ2n) is 5.55. The van der Waals surface area contributed by atoms with Gasteiger partial charge in [-0.3, -0.25) is 4.90 Å². The molecule has 0 spiro atoms. The van der Waals surface area contributed by atoms with Crippen molar-refractivity contribution >= 4 is 22.6 Å². The van der Waals surface area contributed by atoms with E-state index in [1.54, 1.807) is 6.07 Å². The first kappa shape index (κ1) is 15.3. The number of rotatable bonds is 3. The molecule has 0 amide bonds. The second kappa shape index (κ2) is 5.89. The minimum atomic E-state index is -0.524. The summed E-state index contributed by atoms with van der Waals surface area (Å²) in [7, 11) is 0. The molecule has 0 aliphatic carbocycles. The molecule has 3 N–H and O–H groups in total. The van der Waals surface area contributed by atoms with Crippen molar-refractivity contribution in [3.63, 3.8) is 0 Å². The van der Waals surface area contributed by atoms with Crippen LogP contribution >= 0.6 is 11.6 Å². The van der Waals surface area contributed by atoms with Crippen LogP contribution in [0, 0.1) is 0 Å². The summed E-state index contributed by atoms with van der Waals surface area (Å²) in [6.07, 6.45) is 0.00778. The molecule has 1 fully saturated rings. The molecular weight excluding hydrogens is 310 g/mol. The molecule has 7 heteroatoms. The molecule has 1 saturated heterocycles. The smallest absolute Gasteiger partial charge is 0.336 e. The van der Waals surface area contributed by atoms with Crippen LogP contribution in [0.25, 0.3) is 11.0 Å². The number of phenols is 1. The summed E-state index contributed by atoms with van der Waals surface area (Å²) in [6, 6.07) is 4.08. The van der Waals surface area contributed by atoms with E-state index in [0.717, 1.165) is 0 Å². The summed E-state index contributed by atoms with van der Waals surface area (Å²) in [5.74, 6) is -0.153. The normalized spacial score (nSPS) is 22.5. The van der Waals surface area contributed by atoms with Crippen molar-refractivity contribution in [1.29, 1.82) is 0 Å². The Bertz CT molecular complexity index is 759. The molecule has 1 aliphatic rings. The predicted molar refractivity (Wildman–Crippen MR) is 81.1 cm³/mol. The van der Waals surface area contributed by atoms with Gasteiger partial charge in [0, 0.05) is 36.7 Å². The molecule has 0 radical (unpaired) electrons. The van der Waals surface area contributed by atoms with Gasteiger partial charge in [0.2, 0.25) is 0 Å². The van der Waals surface area contributed by atoms with E-state index < -0.39 is 11.7 Å². The Morgan fingerprint density at radius 3 is 2.86 bits per heavy atom. The summed E-state index contributed by atoms with van der Waals surface area (Å²) >= 11 is 5.93. The van der Waals surface area contributed by atoms with Gasteiger partial charge in [-0.1, -0.05) is 11.6 Å². The van der Waals surface area contributed by atoms with Crippen LogP contribution in [0.3, 0.4) is 0 Å². The third-order valence-corrected chi connectivity index (χ3v) is 4.29. The molecule has 2 aromatic rings. The van der Waals surface area contributed by atoms with Crippen molar-refractivity contribution in [2.45, 2.75) is 25.1 Å². The molecule has 1 aromatic heterocycles. The van der Waals surface area contributed by atoms with Crippen LogP contribution in [0.5, 0.6) is 5.75 Å². The number of benzene rings is 1. The molecule has 0 unspecified atom stereocenters. The summed E-state index contributed by atoms with van der Waals surface area (Å²) < 4.78 is 5.09. The second-order valence-corrected chi connectivity index (χ2v) is 5.95. The fourth-order valence-corrected chi connectivity index (χ4v) is 3.09. The highest BCUT2D eigenvalue weighted by Crippen LogP contribution is 2.31. The molecule has 2 atom stereocenters. The Kier molecular flexibility index (Phi) is 4.10. The van der Waals surface area contributed by atoms with Crippen LogP contribution in [0.1, 0.15) is 12.0 Å². The Labute approximate surface area is 131 Å². The van der Waals surface area contributed by atoms with Gasteiger partial charge in [0.1, 0.15) is 11.3 Å². The number of nitrogens with zero attached hydrogens (tertiary/aromatic N) is 1. The lowest BCUT2D eigenvalue weighted by molar-refractivity contribution is 0.150. The van der Waals surface area contributed by atoms with E-state index in [1.807, 2.05) is 4.90 Å². The van der Waals surface area contributed by atoms with Crippen molar-refractivity contribution in [2.24, 2.45) is 0 Å². The standard InChI is InChI=1S/C15H16ClNO5/c16-12-3-11-8(1-15(21)22-14(11)4-13(12)20)5-17-6-10(19)2-9(17)7-18/h1,3-4,9-10,18-20H,2,5-7H2/t9-,10-/m0/s1. The van der Waals surface area contributed by atoms with Gasteiger partial charge >= 0.3 is 5.63 Å². The van der Waals surface area contributed by atoms with Crippen LogP contribution in [-0.4, -0.2) is 45.5 Å². The average molecular weight is 326 g/mol. The van der Waals surface area contributed by atoms with Crippen LogP contribution in [0.2, 0.25) is 5.02 Å². The van der Waals surface area contributed by atoms with E-state index in [2.05, 4.69) is 0 Å². The SMILES string of the molecule is O=c1cc(CN2C[C@@H](O)C[C@H]2CO)c2cc(Cl)c(O)cc2o1. The van der Waals surface area contributed by atoms with Crippen molar-refractivity contribution < 1.29 is 19.7 Å². The number of β-amino-alcohol motifs (C(OH)–C–C–N with tert-alkyl or cyclic N) is 1. The number of phenolic OH excluding ortho intramolecular Hbond substituents is 1. The molecule has 118 valence electrons. The predicted octanol–water partition coefficient (Wildman–Crippen LogP) is 1.08. The average Bonchev–Trinajstić information content (AvgIpc) is 2.81. The van der Waals surface area contributed by atoms with Crippen molar-refractivity contribution in [1.82, 2.24) is 4.90 Å². The summed E-state index contributed by atoms with van der Waals surface area (Å²) in [5.41, 5.74) is 0.412. The number of aliphatic hydroxyl groups excluding tert-OH is 2. The Morgan fingerprint density at radius 1 is 1.36 bits per heavy atom. The summed E-state index contributed by atoms with van der Waals surface area (Å²) in [4.78, 5) is 13.6. The first-order valence-corrected chi connectivity index (χ1v) is 7.34. The lowest BCUT2D eigenvalue weighted by Gasteiger charge is -2.22. The lowest BCUT2D eigenvalue weighted by Crippen LogP contribution is -2.32. The Hall–Kier alpha value is -1.60. The van der Waals surface area contributed by atoms with Gasteiger partial charge in [0.05, 0.1) is 17.7 Å². The van der Waals surface area contributed by atoms with Gasteiger partial charge in [-0.05, 0) is 18.1 Å². The number of aromatic hydroxyl groups is 1. The molecule has 0 saturated carbocycles. The van der Waals surface area contributed by atoms with Gasteiger partial charge in [0.25, 0.3) is 0 Å². The van der Waals surface area contributed by atoms with Crippen molar-refractivity contribution in [2.75, 3.05) is 13.2 Å². The van der Waals surface area contributed by atoms with Gasteiger partial charge in [-0.25, -0.2) is 4.79 Å². The van der Waals surface area contributed by atoms with Crippen LogP contribution in [-0.2, 0) is 6.54 Å². The highest BCUT2D eigenvalue weighted by molar-refractivity contribution is 6.32. The Morgan fingerprint density at radius 2 is 2.14 bits per heavy atom. The topological polar surface area (TPSA) is 94.1 Å². The fraction of sp³-hybridized carbons (Fsp3) is 0.400. The van der Waals surface area contributed by atoms with E-state index >= 15 is 0 Å². The van der Waals surface area contributed by atoms with E-state index in [9.17, 15) is 20.1 Å². The number of fused-ring (bicyclic) bond motifs is 1. The first-order chi connectivity index (χ1) is 10.5. The van der Waals surface area contributed by atoms with Gasteiger partial charge in [0.15, 0.2) is 0 Å². The quantitative estimate of drug-likeness (QED) is 0.731. The van der Waals surface area contributed by atoms with Gasteiger partial charge in [-0.2, -0.15) is 0 Å². The van der Waals surface area contributed by atoms with Crippen LogP contribution in [0.15, 0.2) is 27.4 Å². The third-order valence-electron chi connectivity index (χ3n) is 3.99. The van der Waals surface area contributed by atoms with E-state index in [4.69, 9.17) is 16.0 Å². The fourth-order valence-electron chi connectivity index (χ4n) is 2.93. The maximum absolute atomic E-state index is 11.7. The minimum absolute atomic E-state index is 0.0576. The molecule has 0 bridgehead atoms. The number of halogens is 1. The molecule has 22 heavy (non-hydrogen) atoms. The Balaban J connectivity index is 2.03. The minimum Gasteiger partial charge on any atom is -0.506 e. The van der Waals surface area contributed by atoms with Crippen LogP contribution < -0.4 is 5.63 Å². The van der Waals surface area contributed by atoms with Crippen LogP contribution in [0.4, 0.5) is 0 Å². The molecule has 6 nitrogen and oxygen atoms in total. The summed E-state index contributed by atoms with van der Waals surface area (Å²) in [5, 5.41) is 29.6.